The summed E-state index contributed by atoms with van der Waals surface area (Å²) in [5.41, 5.74) is 0.788. The SMILES string of the molecule is CCOC(=O)CCCNC(=O)C=Cc1ccccc1Cl. The lowest BCUT2D eigenvalue weighted by molar-refractivity contribution is -0.143. The molecule has 0 spiro atoms. The van der Waals surface area contributed by atoms with Gasteiger partial charge in [-0.2, -0.15) is 0 Å². The van der Waals surface area contributed by atoms with Crippen LogP contribution in [0, 0.1) is 0 Å². The van der Waals surface area contributed by atoms with Gasteiger partial charge in [0.1, 0.15) is 0 Å². The molecule has 0 fully saturated rings. The van der Waals surface area contributed by atoms with Gasteiger partial charge in [0.15, 0.2) is 0 Å². The standard InChI is InChI=1S/C15H18ClNO3/c1-2-20-15(19)8-5-11-17-14(18)10-9-12-6-3-4-7-13(12)16/h3-4,6-7,9-10H,2,5,8,11H2,1H3,(H,17,18). The first-order valence-corrected chi connectivity index (χ1v) is 6.87. The van der Waals surface area contributed by atoms with Crippen molar-refractivity contribution in [2.75, 3.05) is 13.2 Å². The van der Waals surface area contributed by atoms with Gasteiger partial charge in [-0.3, -0.25) is 9.59 Å². The van der Waals surface area contributed by atoms with E-state index in [1.54, 1.807) is 19.1 Å². The number of nitrogens with one attached hydrogen (secondary N) is 1. The quantitative estimate of drug-likeness (QED) is 0.478. The number of carbonyl (C=O) groups is 2. The first-order valence-electron chi connectivity index (χ1n) is 6.49. The molecule has 1 amide bonds. The van der Waals surface area contributed by atoms with Crippen molar-refractivity contribution in [3.05, 3.63) is 40.9 Å². The number of hydrogen-bond donors (Lipinski definition) is 1. The predicted octanol–water partition coefficient (Wildman–Crippen LogP) is 2.81. The van der Waals surface area contributed by atoms with Crippen LogP contribution in [-0.4, -0.2) is 25.0 Å². The maximum Gasteiger partial charge on any atom is 0.305 e. The molecule has 0 bridgehead atoms. The lowest BCUT2D eigenvalue weighted by Crippen LogP contribution is -2.22. The first-order chi connectivity index (χ1) is 9.63. The third-order valence-electron chi connectivity index (χ3n) is 2.48. The highest BCUT2D eigenvalue weighted by atomic mass is 35.5. The minimum atomic E-state index is -0.242. The van der Waals surface area contributed by atoms with E-state index in [2.05, 4.69) is 5.32 Å². The summed E-state index contributed by atoms with van der Waals surface area (Å²) in [7, 11) is 0. The molecule has 108 valence electrons. The molecule has 0 saturated heterocycles. The van der Waals surface area contributed by atoms with E-state index in [0.717, 1.165) is 5.56 Å². The maximum absolute atomic E-state index is 11.5. The van der Waals surface area contributed by atoms with Crippen LogP contribution in [0.4, 0.5) is 0 Å². The molecule has 1 rings (SSSR count). The zero-order valence-corrected chi connectivity index (χ0v) is 12.2. The fourth-order valence-electron chi connectivity index (χ4n) is 1.51. The van der Waals surface area contributed by atoms with Crippen LogP contribution in [0.2, 0.25) is 5.02 Å². The van der Waals surface area contributed by atoms with Gasteiger partial charge in [-0.05, 0) is 31.1 Å². The van der Waals surface area contributed by atoms with Crippen LogP contribution in [0.5, 0.6) is 0 Å². The summed E-state index contributed by atoms with van der Waals surface area (Å²) in [5, 5.41) is 3.29. The van der Waals surface area contributed by atoms with Crippen molar-refractivity contribution in [1.82, 2.24) is 5.32 Å². The summed E-state index contributed by atoms with van der Waals surface area (Å²) in [5.74, 6) is -0.456. The van der Waals surface area contributed by atoms with Crippen molar-refractivity contribution in [1.29, 1.82) is 0 Å². The maximum atomic E-state index is 11.5. The molecule has 0 atom stereocenters. The molecule has 0 radical (unpaired) electrons. The summed E-state index contributed by atoms with van der Waals surface area (Å²) in [6, 6.07) is 7.27. The van der Waals surface area contributed by atoms with E-state index in [0.29, 0.717) is 31.0 Å². The highest BCUT2D eigenvalue weighted by molar-refractivity contribution is 6.32. The number of carbonyl (C=O) groups excluding carboxylic acids is 2. The van der Waals surface area contributed by atoms with Gasteiger partial charge in [0.2, 0.25) is 5.91 Å². The molecule has 0 aliphatic carbocycles. The molecular formula is C15H18ClNO3. The van der Waals surface area contributed by atoms with E-state index in [1.807, 2.05) is 18.2 Å². The normalized spacial score (nSPS) is 10.5. The van der Waals surface area contributed by atoms with Crippen LogP contribution < -0.4 is 5.32 Å². The van der Waals surface area contributed by atoms with Crippen LogP contribution in [0.1, 0.15) is 25.3 Å². The summed E-state index contributed by atoms with van der Waals surface area (Å²) in [4.78, 5) is 22.6. The van der Waals surface area contributed by atoms with Crippen molar-refractivity contribution >= 4 is 29.6 Å². The lowest BCUT2D eigenvalue weighted by atomic mass is 10.2. The van der Waals surface area contributed by atoms with Crippen molar-refractivity contribution in [3.8, 4) is 0 Å². The molecule has 0 aromatic heterocycles. The zero-order chi connectivity index (χ0) is 14.8. The molecule has 0 heterocycles. The van der Waals surface area contributed by atoms with E-state index in [1.165, 1.54) is 6.08 Å². The minimum Gasteiger partial charge on any atom is -0.466 e. The second kappa shape index (κ2) is 9.15. The second-order valence-corrected chi connectivity index (χ2v) is 4.46. The average Bonchev–Trinajstić information content (AvgIpc) is 2.43. The Bertz CT molecular complexity index is 486. The number of esters is 1. The van der Waals surface area contributed by atoms with Gasteiger partial charge in [-0.1, -0.05) is 29.8 Å². The molecule has 1 aromatic carbocycles. The Labute approximate surface area is 123 Å². The van der Waals surface area contributed by atoms with Crippen LogP contribution in [0.3, 0.4) is 0 Å². The fraction of sp³-hybridized carbons (Fsp3) is 0.333. The first kappa shape index (κ1) is 16.2. The van der Waals surface area contributed by atoms with Gasteiger partial charge in [0.25, 0.3) is 0 Å². The minimum absolute atomic E-state index is 0.214. The Balaban J connectivity index is 2.27. The van der Waals surface area contributed by atoms with Crippen LogP contribution in [-0.2, 0) is 14.3 Å². The van der Waals surface area contributed by atoms with Gasteiger partial charge in [0.05, 0.1) is 6.61 Å². The zero-order valence-electron chi connectivity index (χ0n) is 11.4. The van der Waals surface area contributed by atoms with Gasteiger partial charge >= 0.3 is 5.97 Å². The lowest BCUT2D eigenvalue weighted by Gasteiger charge is -2.03. The van der Waals surface area contributed by atoms with Crippen molar-refractivity contribution in [2.24, 2.45) is 0 Å². The Hall–Kier alpha value is -1.81. The number of rotatable bonds is 7. The fourth-order valence-corrected chi connectivity index (χ4v) is 1.71. The topological polar surface area (TPSA) is 55.4 Å². The number of halogens is 1. The Morgan fingerprint density at radius 2 is 2.10 bits per heavy atom. The molecule has 1 aromatic rings. The van der Waals surface area contributed by atoms with Gasteiger partial charge < -0.3 is 10.1 Å². The average molecular weight is 296 g/mol. The van der Waals surface area contributed by atoms with Crippen LogP contribution in [0.15, 0.2) is 30.3 Å². The Kier molecular flexibility index (Phi) is 7.43. The summed E-state index contributed by atoms with van der Waals surface area (Å²) < 4.78 is 4.79. The molecule has 0 aliphatic heterocycles. The number of ether oxygens (including phenoxy) is 1. The highest BCUT2D eigenvalue weighted by Crippen LogP contribution is 2.15. The number of benzene rings is 1. The largest absolute Gasteiger partial charge is 0.466 e. The van der Waals surface area contributed by atoms with Gasteiger partial charge in [-0.25, -0.2) is 0 Å². The molecule has 4 nitrogen and oxygen atoms in total. The Morgan fingerprint density at radius 1 is 1.35 bits per heavy atom. The third-order valence-corrected chi connectivity index (χ3v) is 2.83. The van der Waals surface area contributed by atoms with E-state index >= 15 is 0 Å². The number of amides is 1. The van der Waals surface area contributed by atoms with Crippen molar-refractivity contribution in [2.45, 2.75) is 19.8 Å². The van der Waals surface area contributed by atoms with Gasteiger partial charge in [0, 0.05) is 24.1 Å². The van der Waals surface area contributed by atoms with Crippen molar-refractivity contribution < 1.29 is 14.3 Å². The van der Waals surface area contributed by atoms with Crippen molar-refractivity contribution in [3.63, 3.8) is 0 Å². The third kappa shape index (κ3) is 6.38. The molecule has 0 unspecified atom stereocenters. The summed E-state index contributed by atoms with van der Waals surface area (Å²) >= 11 is 5.96. The Morgan fingerprint density at radius 3 is 2.80 bits per heavy atom. The molecule has 0 aliphatic rings. The van der Waals surface area contributed by atoms with E-state index in [9.17, 15) is 9.59 Å². The monoisotopic (exact) mass is 295 g/mol. The molecule has 20 heavy (non-hydrogen) atoms. The summed E-state index contributed by atoms with van der Waals surface area (Å²) in [6.45, 7) is 2.58. The number of hydrogen-bond acceptors (Lipinski definition) is 3. The van der Waals surface area contributed by atoms with E-state index in [-0.39, 0.29) is 11.9 Å². The molecule has 0 saturated carbocycles. The molecule has 5 heteroatoms. The van der Waals surface area contributed by atoms with Crippen LogP contribution >= 0.6 is 11.6 Å². The molecule has 1 N–H and O–H groups in total. The second-order valence-electron chi connectivity index (χ2n) is 4.05. The van der Waals surface area contributed by atoms with E-state index in [4.69, 9.17) is 16.3 Å². The van der Waals surface area contributed by atoms with E-state index < -0.39 is 0 Å². The van der Waals surface area contributed by atoms with Crippen LogP contribution in [0.25, 0.3) is 6.08 Å². The molecular weight excluding hydrogens is 278 g/mol. The highest BCUT2D eigenvalue weighted by Gasteiger charge is 2.02. The predicted molar refractivity (Wildman–Crippen MR) is 79.4 cm³/mol. The summed E-state index contributed by atoms with van der Waals surface area (Å²) in [6.07, 6.45) is 3.95. The smallest absolute Gasteiger partial charge is 0.305 e. The van der Waals surface area contributed by atoms with Gasteiger partial charge in [-0.15, -0.1) is 0 Å².